The van der Waals surface area contributed by atoms with Gasteiger partial charge in [0.15, 0.2) is 5.69 Å². The van der Waals surface area contributed by atoms with Gasteiger partial charge in [-0.05, 0) is 18.2 Å². The minimum atomic E-state index is -0.0565. The van der Waals surface area contributed by atoms with Crippen LogP contribution in [0.5, 0.6) is 5.75 Å². The number of aromatic nitrogens is 3. The van der Waals surface area contributed by atoms with Crippen molar-refractivity contribution in [3.8, 4) is 5.75 Å². The molecule has 1 aromatic carbocycles. The van der Waals surface area contributed by atoms with Crippen LogP contribution in [0.4, 0.5) is 5.69 Å². The number of carbonyl (C=O) groups excluding carboxylic acids is 1. The van der Waals surface area contributed by atoms with Crippen LogP contribution in [0.3, 0.4) is 0 Å². The van der Waals surface area contributed by atoms with E-state index in [0.29, 0.717) is 18.8 Å². The van der Waals surface area contributed by atoms with Gasteiger partial charge in [-0.15, -0.1) is 0 Å². The minimum absolute atomic E-state index is 0.0565. The summed E-state index contributed by atoms with van der Waals surface area (Å²) in [6.07, 6.45) is 3.36. The summed E-state index contributed by atoms with van der Waals surface area (Å²) < 4.78 is 5.44. The molecule has 0 spiro atoms. The summed E-state index contributed by atoms with van der Waals surface area (Å²) in [6.45, 7) is 2.80. The van der Waals surface area contributed by atoms with E-state index in [2.05, 4.69) is 20.1 Å². The highest BCUT2D eigenvalue weighted by atomic mass is 16.5. The van der Waals surface area contributed by atoms with Crippen LogP contribution in [-0.2, 0) is 0 Å². The van der Waals surface area contributed by atoms with Crippen molar-refractivity contribution in [3.63, 3.8) is 0 Å². The third-order valence-electron chi connectivity index (χ3n) is 4.56. The van der Waals surface area contributed by atoms with E-state index in [0.717, 1.165) is 35.4 Å². The van der Waals surface area contributed by atoms with Gasteiger partial charge in [-0.3, -0.25) is 14.9 Å². The summed E-state index contributed by atoms with van der Waals surface area (Å²) in [7, 11) is 1.68. The number of rotatable bonds is 3. The Bertz CT molecular complexity index is 899. The van der Waals surface area contributed by atoms with Crippen LogP contribution in [0.2, 0.25) is 0 Å². The summed E-state index contributed by atoms with van der Waals surface area (Å²) in [5.74, 6) is 0.797. The van der Waals surface area contributed by atoms with Crippen LogP contribution in [0.1, 0.15) is 10.5 Å². The Balaban J connectivity index is 1.49. The molecule has 4 rings (SSSR count). The Labute approximate surface area is 145 Å². The highest BCUT2D eigenvalue weighted by molar-refractivity contribution is 6.04. The van der Waals surface area contributed by atoms with Crippen molar-refractivity contribution in [1.82, 2.24) is 20.1 Å². The van der Waals surface area contributed by atoms with E-state index in [-0.39, 0.29) is 5.91 Å². The second-order valence-corrected chi connectivity index (χ2v) is 5.94. The molecule has 3 heterocycles. The quantitative estimate of drug-likeness (QED) is 0.790. The molecule has 0 radical (unpaired) electrons. The Morgan fingerprint density at radius 1 is 1.16 bits per heavy atom. The van der Waals surface area contributed by atoms with E-state index in [1.807, 2.05) is 35.2 Å². The first-order chi connectivity index (χ1) is 12.3. The number of hydrogen-bond donors (Lipinski definition) is 1. The van der Waals surface area contributed by atoms with Gasteiger partial charge in [0.25, 0.3) is 5.91 Å². The van der Waals surface area contributed by atoms with E-state index in [1.165, 1.54) is 0 Å². The molecule has 7 nitrogen and oxygen atoms in total. The minimum Gasteiger partial charge on any atom is -0.495 e. The SMILES string of the molecule is COc1ccccc1N1CCN(C(=O)c2n[nH]c3ccncc23)CC1. The third-order valence-corrected chi connectivity index (χ3v) is 4.56. The number of nitrogens with one attached hydrogen (secondary N) is 1. The summed E-state index contributed by atoms with van der Waals surface area (Å²) in [5, 5.41) is 7.84. The van der Waals surface area contributed by atoms with E-state index in [1.54, 1.807) is 19.5 Å². The van der Waals surface area contributed by atoms with Crippen LogP contribution in [0.25, 0.3) is 10.9 Å². The molecule has 0 bridgehead atoms. The normalized spacial score (nSPS) is 14.8. The number of nitrogens with zero attached hydrogens (tertiary/aromatic N) is 4. The number of aromatic amines is 1. The average molecular weight is 337 g/mol. The molecule has 0 aliphatic carbocycles. The monoisotopic (exact) mass is 337 g/mol. The molecule has 1 aliphatic heterocycles. The summed E-state index contributed by atoms with van der Waals surface area (Å²) >= 11 is 0. The largest absolute Gasteiger partial charge is 0.495 e. The molecule has 1 fully saturated rings. The van der Waals surface area contributed by atoms with Gasteiger partial charge in [0.1, 0.15) is 5.75 Å². The number of methoxy groups -OCH3 is 1. The van der Waals surface area contributed by atoms with Gasteiger partial charge in [0.05, 0.1) is 23.7 Å². The second-order valence-electron chi connectivity index (χ2n) is 5.94. The molecule has 25 heavy (non-hydrogen) atoms. The van der Waals surface area contributed by atoms with Crippen LogP contribution in [0.15, 0.2) is 42.7 Å². The van der Waals surface area contributed by atoms with E-state index < -0.39 is 0 Å². The van der Waals surface area contributed by atoms with E-state index >= 15 is 0 Å². The van der Waals surface area contributed by atoms with Gasteiger partial charge in [0.2, 0.25) is 0 Å². The van der Waals surface area contributed by atoms with Crippen LogP contribution >= 0.6 is 0 Å². The van der Waals surface area contributed by atoms with Crippen LogP contribution in [-0.4, -0.2) is 59.3 Å². The number of H-pyrrole nitrogens is 1. The van der Waals surface area contributed by atoms with E-state index in [9.17, 15) is 4.79 Å². The molecule has 7 heteroatoms. The number of carbonyl (C=O) groups is 1. The highest BCUT2D eigenvalue weighted by Crippen LogP contribution is 2.28. The number of fused-ring (bicyclic) bond motifs is 1. The predicted octanol–water partition coefficient (Wildman–Crippen LogP) is 1.93. The molecule has 0 atom stereocenters. The number of hydrogen-bond acceptors (Lipinski definition) is 5. The maximum Gasteiger partial charge on any atom is 0.275 e. The van der Waals surface area contributed by atoms with Crippen molar-refractivity contribution < 1.29 is 9.53 Å². The Morgan fingerprint density at radius 2 is 1.96 bits per heavy atom. The van der Waals surface area contributed by atoms with Crippen molar-refractivity contribution in [2.75, 3.05) is 38.2 Å². The number of amides is 1. The number of benzene rings is 1. The highest BCUT2D eigenvalue weighted by Gasteiger charge is 2.26. The molecule has 1 saturated heterocycles. The van der Waals surface area contributed by atoms with Crippen molar-refractivity contribution in [3.05, 3.63) is 48.4 Å². The average Bonchev–Trinajstić information content (AvgIpc) is 3.11. The van der Waals surface area contributed by atoms with Crippen molar-refractivity contribution in [2.45, 2.75) is 0 Å². The Kier molecular flexibility index (Phi) is 3.97. The Morgan fingerprint density at radius 3 is 2.76 bits per heavy atom. The Hall–Kier alpha value is -3.09. The topological polar surface area (TPSA) is 74.3 Å². The molecule has 1 amide bonds. The lowest BCUT2D eigenvalue weighted by Crippen LogP contribution is -2.49. The molecule has 3 aromatic rings. The molecular formula is C18H19N5O2. The fourth-order valence-corrected chi connectivity index (χ4v) is 3.21. The fraction of sp³-hybridized carbons (Fsp3) is 0.278. The fourth-order valence-electron chi connectivity index (χ4n) is 3.21. The maximum absolute atomic E-state index is 12.8. The zero-order valence-electron chi connectivity index (χ0n) is 14.0. The van der Waals surface area contributed by atoms with Gasteiger partial charge >= 0.3 is 0 Å². The zero-order chi connectivity index (χ0) is 17.2. The third kappa shape index (κ3) is 2.77. The second kappa shape index (κ2) is 6.43. The number of piperazine rings is 1. The lowest BCUT2D eigenvalue weighted by Gasteiger charge is -2.36. The van der Waals surface area contributed by atoms with Crippen molar-refractivity contribution >= 4 is 22.5 Å². The molecule has 128 valence electrons. The molecule has 2 aromatic heterocycles. The zero-order valence-corrected chi connectivity index (χ0v) is 14.0. The molecule has 1 N–H and O–H groups in total. The smallest absolute Gasteiger partial charge is 0.275 e. The standard InChI is InChI=1S/C18H19N5O2/c1-25-16-5-3-2-4-15(16)22-8-10-23(11-9-22)18(24)17-13-12-19-7-6-14(13)20-21-17/h2-7,12H,8-11H2,1H3,(H,20,21). The molecule has 0 saturated carbocycles. The molecule has 1 aliphatic rings. The molecular weight excluding hydrogens is 318 g/mol. The lowest BCUT2D eigenvalue weighted by molar-refractivity contribution is 0.0742. The number of pyridine rings is 1. The first-order valence-electron chi connectivity index (χ1n) is 8.23. The summed E-state index contributed by atoms with van der Waals surface area (Å²) in [6, 6.07) is 9.77. The van der Waals surface area contributed by atoms with E-state index in [4.69, 9.17) is 4.74 Å². The summed E-state index contributed by atoms with van der Waals surface area (Å²) in [4.78, 5) is 21.0. The lowest BCUT2D eigenvalue weighted by atomic mass is 10.2. The van der Waals surface area contributed by atoms with Crippen molar-refractivity contribution in [1.29, 1.82) is 0 Å². The van der Waals surface area contributed by atoms with Gasteiger partial charge in [0, 0.05) is 38.6 Å². The molecule has 0 unspecified atom stereocenters. The summed E-state index contributed by atoms with van der Waals surface area (Å²) in [5.41, 5.74) is 2.33. The number of anilines is 1. The van der Waals surface area contributed by atoms with Gasteiger partial charge < -0.3 is 14.5 Å². The first kappa shape index (κ1) is 15.4. The van der Waals surface area contributed by atoms with Gasteiger partial charge in [-0.2, -0.15) is 5.10 Å². The number of ether oxygens (including phenoxy) is 1. The van der Waals surface area contributed by atoms with Crippen molar-refractivity contribution in [2.24, 2.45) is 0 Å². The van der Waals surface area contributed by atoms with Crippen LogP contribution < -0.4 is 9.64 Å². The maximum atomic E-state index is 12.8. The predicted molar refractivity (Wildman–Crippen MR) is 95.0 cm³/mol. The van der Waals surface area contributed by atoms with Gasteiger partial charge in [-0.25, -0.2) is 0 Å². The van der Waals surface area contributed by atoms with Gasteiger partial charge in [-0.1, -0.05) is 12.1 Å². The van der Waals surface area contributed by atoms with Crippen LogP contribution in [0, 0.1) is 0 Å². The first-order valence-corrected chi connectivity index (χ1v) is 8.23. The number of para-hydroxylation sites is 2.